The number of halogens is 1. The highest BCUT2D eigenvalue weighted by Crippen LogP contribution is 2.36. The summed E-state index contributed by atoms with van der Waals surface area (Å²) >= 11 is 6.02. The van der Waals surface area contributed by atoms with Gasteiger partial charge in [-0.25, -0.2) is 4.79 Å². The van der Waals surface area contributed by atoms with Gasteiger partial charge < -0.3 is 9.47 Å². The summed E-state index contributed by atoms with van der Waals surface area (Å²) in [5, 5.41) is 0.587. The Kier molecular flexibility index (Phi) is 6.49. The molecule has 2 rings (SSSR count). The van der Waals surface area contributed by atoms with E-state index < -0.39 is 6.10 Å². The summed E-state index contributed by atoms with van der Waals surface area (Å²) in [5.41, 5.74) is 0.731. The highest BCUT2D eigenvalue weighted by Gasteiger charge is 2.35. The van der Waals surface area contributed by atoms with E-state index >= 15 is 0 Å². The summed E-state index contributed by atoms with van der Waals surface area (Å²) in [6.07, 6.45) is 2.51. The Hall–Kier alpha value is -1.06. The molecule has 4 heteroatoms. The molecule has 0 amide bonds. The van der Waals surface area contributed by atoms with Crippen LogP contribution in [0, 0.1) is 17.8 Å². The highest BCUT2D eigenvalue weighted by atomic mass is 35.5. The predicted octanol–water partition coefficient (Wildman–Crippen LogP) is 5.03. The number of hydrogen-bond donors (Lipinski definition) is 0. The molecule has 1 aliphatic carbocycles. The van der Waals surface area contributed by atoms with Crippen LogP contribution in [0.2, 0.25) is 5.02 Å². The fraction of sp³-hybridized carbons (Fsp3) is 0.632. The smallest absolute Gasteiger partial charge is 0.340 e. The molecular formula is C19H27ClO3. The molecule has 23 heavy (non-hydrogen) atoms. The molecule has 1 saturated carbocycles. The lowest BCUT2D eigenvalue weighted by Gasteiger charge is -2.37. The molecule has 0 heterocycles. The third-order valence-corrected chi connectivity index (χ3v) is 5.07. The normalized spacial score (nSPS) is 26.1. The van der Waals surface area contributed by atoms with Crippen LogP contribution in [-0.4, -0.2) is 19.2 Å². The fourth-order valence-electron chi connectivity index (χ4n) is 3.50. The van der Waals surface area contributed by atoms with Crippen molar-refractivity contribution in [1.29, 1.82) is 0 Å². The minimum absolute atomic E-state index is 0.0249. The number of hydrogen-bond acceptors (Lipinski definition) is 3. The third kappa shape index (κ3) is 4.71. The maximum absolute atomic E-state index is 12.6. The SMILES string of the molecule is COC(C(=O)OC1CC(C)CCC1C(C)C)c1cccc(Cl)c1. The van der Waals surface area contributed by atoms with Gasteiger partial charge in [0, 0.05) is 12.1 Å². The molecule has 1 aromatic carbocycles. The average molecular weight is 339 g/mol. The van der Waals surface area contributed by atoms with E-state index in [9.17, 15) is 4.79 Å². The van der Waals surface area contributed by atoms with Crippen molar-refractivity contribution in [2.75, 3.05) is 7.11 Å². The van der Waals surface area contributed by atoms with Crippen LogP contribution in [0.1, 0.15) is 51.7 Å². The average Bonchev–Trinajstić information content (AvgIpc) is 2.47. The second-order valence-corrected chi connectivity index (χ2v) is 7.41. The zero-order valence-corrected chi connectivity index (χ0v) is 15.2. The van der Waals surface area contributed by atoms with Crippen LogP contribution in [0.25, 0.3) is 0 Å². The van der Waals surface area contributed by atoms with Crippen molar-refractivity contribution in [3.05, 3.63) is 34.9 Å². The number of benzene rings is 1. The maximum Gasteiger partial charge on any atom is 0.340 e. The molecule has 0 N–H and O–H groups in total. The molecule has 128 valence electrons. The van der Waals surface area contributed by atoms with Crippen molar-refractivity contribution in [2.45, 2.75) is 52.2 Å². The van der Waals surface area contributed by atoms with Gasteiger partial charge in [-0.3, -0.25) is 0 Å². The molecule has 1 aliphatic rings. The van der Waals surface area contributed by atoms with Gasteiger partial charge in [0.2, 0.25) is 0 Å². The molecule has 0 saturated heterocycles. The van der Waals surface area contributed by atoms with E-state index in [1.165, 1.54) is 13.5 Å². The van der Waals surface area contributed by atoms with Gasteiger partial charge in [0.15, 0.2) is 6.10 Å². The topological polar surface area (TPSA) is 35.5 Å². The lowest BCUT2D eigenvalue weighted by molar-refractivity contribution is -0.168. The van der Waals surface area contributed by atoms with Crippen LogP contribution in [0.4, 0.5) is 0 Å². The minimum Gasteiger partial charge on any atom is -0.460 e. The first-order valence-electron chi connectivity index (χ1n) is 8.41. The maximum atomic E-state index is 12.6. The highest BCUT2D eigenvalue weighted by molar-refractivity contribution is 6.30. The molecular weight excluding hydrogens is 312 g/mol. The van der Waals surface area contributed by atoms with Crippen LogP contribution >= 0.6 is 11.6 Å². The van der Waals surface area contributed by atoms with E-state index in [-0.39, 0.29) is 12.1 Å². The van der Waals surface area contributed by atoms with Crippen LogP contribution < -0.4 is 0 Å². The van der Waals surface area contributed by atoms with Crippen molar-refractivity contribution < 1.29 is 14.3 Å². The fourth-order valence-corrected chi connectivity index (χ4v) is 3.70. The predicted molar refractivity (Wildman–Crippen MR) is 92.4 cm³/mol. The lowest BCUT2D eigenvalue weighted by Crippen LogP contribution is -2.37. The minimum atomic E-state index is -0.723. The van der Waals surface area contributed by atoms with E-state index in [4.69, 9.17) is 21.1 Å². The van der Waals surface area contributed by atoms with Gasteiger partial charge in [0.05, 0.1) is 0 Å². The molecule has 1 aromatic rings. The summed E-state index contributed by atoms with van der Waals surface area (Å²) in [6.45, 7) is 6.63. The van der Waals surface area contributed by atoms with E-state index in [2.05, 4.69) is 20.8 Å². The number of ether oxygens (including phenoxy) is 2. The van der Waals surface area contributed by atoms with Crippen LogP contribution in [0.3, 0.4) is 0 Å². The van der Waals surface area contributed by atoms with Gasteiger partial charge in [0.25, 0.3) is 0 Å². The number of carbonyl (C=O) groups is 1. The van der Waals surface area contributed by atoms with Crippen LogP contribution in [0.5, 0.6) is 0 Å². The van der Waals surface area contributed by atoms with Crippen molar-refractivity contribution in [3.63, 3.8) is 0 Å². The Labute approximate surface area is 144 Å². The monoisotopic (exact) mass is 338 g/mol. The molecule has 0 bridgehead atoms. The number of methoxy groups -OCH3 is 1. The molecule has 1 fully saturated rings. The standard InChI is InChI=1S/C19H27ClO3/c1-12(2)16-9-8-13(3)10-17(16)23-19(21)18(22-4)14-6-5-7-15(20)11-14/h5-7,11-13,16-18H,8-10H2,1-4H3. The van der Waals surface area contributed by atoms with Gasteiger partial charge in [-0.2, -0.15) is 0 Å². The van der Waals surface area contributed by atoms with E-state index in [0.29, 0.717) is 22.8 Å². The molecule has 3 nitrogen and oxygen atoms in total. The Balaban J connectivity index is 2.11. The summed E-state index contributed by atoms with van der Waals surface area (Å²) < 4.78 is 11.3. The Bertz CT molecular complexity index is 529. The van der Waals surface area contributed by atoms with E-state index in [1.807, 2.05) is 12.1 Å². The van der Waals surface area contributed by atoms with Gasteiger partial charge >= 0.3 is 5.97 Å². The van der Waals surface area contributed by atoms with Crippen molar-refractivity contribution in [1.82, 2.24) is 0 Å². The van der Waals surface area contributed by atoms with E-state index in [1.54, 1.807) is 12.1 Å². The van der Waals surface area contributed by atoms with Crippen molar-refractivity contribution in [3.8, 4) is 0 Å². The van der Waals surface area contributed by atoms with E-state index in [0.717, 1.165) is 18.4 Å². The molecule has 4 unspecified atom stereocenters. The molecule has 0 aliphatic heterocycles. The zero-order valence-electron chi connectivity index (χ0n) is 14.4. The van der Waals surface area contributed by atoms with Crippen LogP contribution in [-0.2, 0) is 14.3 Å². The quantitative estimate of drug-likeness (QED) is 0.706. The Morgan fingerprint density at radius 1 is 1.30 bits per heavy atom. The first-order chi connectivity index (χ1) is 10.9. The number of esters is 1. The van der Waals surface area contributed by atoms with Crippen LogP contribution in [0.15, 0.2) is 24.3 Å². The Morgan fingerprint density at radius 2 is 2.04 bits per heavy atom. The second kappa shape index (κ2) is 8.16. The van der Waals surface area contributed by atoms with Crippen molar-refractivity contribution in [2.24, 2.45) is 17.8 Å². The summed E-state index contributed by atoms with van der Waals surface area (Å²) in [5.74, 6) is 1.20. The summed E-state index contributed by atoms with van der Waals surface area (Å²) in [4.78, 5) is 12.6. The first-order valence-corrected chi connectivity index (χ1v) is 8.79. The summed E-state index contributed by atoms with van der Waals surface area (Å²) in [7, 11) is 1.52. The van der Waals surface area contributed by atoms with Gasteiger partial charge in [-0.05, 0) is 48.3 Å². The lowest BCUT2D eigenvalue weighted by atomic mass is 9.75. The van der Waals surface area contributed by atoms with Crippen molar-refractivity contribution >= 4 is 17.6 Å². The first kappa shape index (κ1) is 18.3. The molecule has 0 spiro atoms. The van der Waals surface area contributed by atoms with Gasteiger partial charge in [0.1, 0.15) is 6.10 Å². The molecule has 0 radical (unpaired) electrons. The second-order valence-electron chi connectivity index (χ2n) is 6.97. The van der Waals surface area contributed by atoms with Gasteiger partial charge in [-0.1, -0.05) is 50.9 Å². The summed E-state index contributed by atoms with van der Waals surface area (Å²) in [6, 6.07) is 7.18. The third-order valence-electron chi connectivity index (χ3n) is 4.83. The zero-order chi connectivity index (χ0) is 17.0. The largest absolute Gasteiger partial charge is 0.460 e. The molecule has 0 aromatic heterocycles. The Morgan fingerprint density at radius 3 is 2.65 bits per heavy atom. The van der Waals surface area contributed by atoms with Gasteiger partial charge in [-0.15, -0.1) is 0 Å². The molecule has 4 atom stereocenters. The number of rotatable bonds is 5. The number of carbonyl (C=O) groups excluding carboxylic acids is 1.